The van der Waals surface area contributed by atoms with E-state index in [-0.39, 0.29) is 4.90 Å². The molecule has 0 amide bonds. The molecule has 114 valence electrons. The summed E-state index contributed by atoms with van der Waals surface area (Å²) in [5.74, 6) is 0.766. The van der Waals surface area contributed by atoms with Crippen LogP contribution in [-0.4, -0.2) is 44.9 Å². The van der Waals surface area contributed by atoms with Gasteiger partial charge in [-0.15, -0.1) is 0 Å². The van der Waals surface area contributed by atoms with Gasteiger partial charge in [0.2, 0.25) is 10.0 Å². The topological polar surface area (TPSA) is 49.4 Å². The van der Waals surface area contributed by atoms with Gasteiger partial charge in [-0.3, -0.25) is 0 Å². The Labute approximate surface area is 130 Å². The van der Waals surface area contributed by atoms with Crippen LogP contribution < -0.4 is 5.32 Å². The average molecular weight is 337 g/mol. The Balaban J connectivity index is 2.93. The maximum absolute atomic E-state index is 12.4. The Bertz CT molecular complexity index is 535. The van der Waals surface area contributed by atoms with E-state index in [2.05, 4.69) is 5.32 Å². The molecule has 0 atom stereocenters. The zero-order valence-corrected chi connectivity index (χ0v) is 14.4. The van der Waals surface area contributed by atoms with Crippen LogP contribution in [0.25, 0.3) is 0 Å². The first-order valence-electron chi connectivity index (χ1n) is 6.38. The molecule has 4 nitrogen and oxygen atoms in total. The van der Waals surface area contributed by atoms with Gasteiger partial charge in [-0.1, -0.05) is 24.6 Å². The standard InChI is InChI=1S/C13H21ClN2O2S2/c1-4-15-10-11-5-6-12(9-13(11)14)20(17,18)16(2)7-8-19-3/h5-6,9,15H,4,7-8,10H2,1-3H3. The average Bonchev–Trinajstić information content (AvgIpc) is 2.43. The molecule has 0 bridgehead atoms. The minimum atomic E-state index is -3.46. The van der Waals surface area contributed by atoms with Gasteiger partial charge in [-0.25, -0.2) is 12.7 Å². The molecule has 7 heteroatoms. The van der Waals surface area contributed by atoms with Crippen molar-refractivity contribution in [1.82, 2.24) is 9.62 Å². The predicted octanol–water partition coefficient (Wildman–Crippen LogP) is 2.43. The lowest BCUT2D eigenvalue weighted by Gasteiger charge is -2.17. The molecule has 20 heavy (non-hydrogen) atoms. The van der Waals surface area contributed by atoms with E-state index in [9.17, 15) is 8.42 Å². The second-order valence-electron chi connectivity index (χ2n) is 4.35. The van der Waals surface area contributed by atoms with Gasteiger partial charge in [0.15, 0.2) is 0 Å². The lowest BCUT2D eigenvalue weighted by Crippen LogP contribution is -2.29. The van der Waals surface area contributed by atoms with Crippen LogP contribution >= 0.6 is 23.4 Å². The van der Waals surface area contributed by atoms with Crippen LogP contribution in [0.3, 0.4) is 0 Å². The molecular formula is C13H21ClN2O2S2. The normalized spacial score (nSPS) is 12.1. The van der Waals surface area contributed by atoms with Gasteiger partial charge in [0, 0.05) is 30.9 Å². The number of thioether (sulfide) groups is 1. The molecule has 0 fully saturated rings. The predicted molar refractivity (Wildman–Crippen MR) is 87.0 cm³/mol. The molecule has 0 radical (unpaired) electrons. The van der Waals surface area contributed by atoms with E-state index in [1.165, 1.54) is 10.4 Å². The Morgan fingerprint density at radius 1 is 1.40 bits per heavy atom. The summed E-state index contributed by atoms with van der Waals surface area (Å²) in [6.07, 6.45) is 1.95. The molecule has 0 saturated heterocycles. The van der Waals surface area contributed by atoms with Crippen LogP contribution in [0.4, 0.5) is 0 Å². The van der Waals surface area contributed by atoms with Crippen LogP contribution in [0.2, 0.25) is 5.02 Å². The Morgan fingerprint density at radius 3 is 2.65 bits per heavy atom. The van der Waals surface area contributed by atoms with E-state index in [0.29, 0.717) is 18.1 Å². The molecule has 1 N–H and O–H groups in total. The number of nitrogens with one attached hydrogen (secondary N) is 1. The van der Waals surface area contributed by atoms with Gasteiger partial charge in [0.1, 0.15) is 0 Å². The van der Waals surface area contributed by atoms with Gasteiger partial charge >= 0.3 is 0 Å². The first kappa shape index (κ1) is 17.8. The first-order valence-corrected chi connectivity index (χ1v) is 9.59. The first-order chi connectivity index (χ1) is 9.43. The monoisotopic (exact) mass is 336 g/mol. The molecule has 0 aliphatic heterocycles. The smallest absolute Gasteiger partial charge is 0.242 e. The summed E-state index contributed by atoms with van der Waals surface area (Å²) < 4.78 is 26.1. The largest absolute Gasteiger partial charge is 0.313 e. The van der Waals surface area contributed by atoms with Crippen molar-refractivity contribution < 1.29 is 8.42 Å². The Hall–Kier alpha value is -0.270. The summed E-state index contributed by atoms with van der Waals surface area (Å²) in [6, 6.07) is 4.91. The minimum absolute atomic E-state index is 0.242. The molecular weight excluding hydrogens is 316 g/mol. The summed E-state index contributed by atoms with van der Waals surface area (Å²) in [4.78, 5) is 0.242. The van der Waals surface area contributed by atoms with Crippen LogP contribution in [0.15, 0.2) is 23.1 Å². The zero-order chi connectivity index (χ0) is 15.2. The lowest BCUT2D eigenvalue weighted by atomic mass is 10.2. The number of halogens is 1. The number of rotatable bonds is 8. The van der Waals surface area contributed by atoms with Crippen LogP contribution in [-0.2, 0) is 16.6 Å². The van der Waals surface area contributed by atoms with Crippen LogP contribution in [0, 0.1) is 0 Å². The van der Waals surface area contributed by atoms with Gasteiger partial charge in [0.05, 0.1) is 4.90 Å². The van der Waals surface area contributed by atoms with E-state index < -0.39 is 10.0 Å². The molecule has 0 aliphatic rings. The summed E-state index contributed by atoms with van der Waals surface area (Å²) in [7, 11) is -1.87. The summed E-state index contributed by atoms with van der Waals surface area (Å²) in [5, 5.41) is 3.64. The van der Waals surface area contributed by atoms with Crippen LogP contribution in [0.5, 0.6) is 0 Å². The second-order valence-corrected chi connectivity index (χ2v) is 7.79. The maximum atomic E-state index is 12.4. The number of hydrogen-bond acceptors (Lipinski definition) is 4. The minimum Gasteiger partial charge on any atom is -0.313 e. The summed E-state index contributed by atoms with van der Waals surface area (Å²) >= 11 is 7.77. The SMILES string of the molecule is CCNCc1ccc(S(=O)(=O)N(C)CCSC)cc1Cl. The van der Waals surface area contributed by atoms with Gasteiger partial charge in [-0.05, 0) is 30.5 Å². The molecule has 1 aromatic rings. The maximum Gasteiger partial charge on any atom is 0.242 e. The van der Waals surface area contributed by atoms with E-state index in [0.717, 1.165) is 17.9 Å². The number of hydrogen-bond donors (Lipinski definition) is 1. The van der Waals surface area contributed by atoms with Gasteiger partial charge < -0.3 is 5.32 Å². The van der Waals surface area contributed by atoms with Crippen molar-refractivity contribution in [3.63, 3.8) is 0 Å². The Morgan fingerprint density at radius 2 is 2.10 bits per heavy atom. The molecule has 0 unspecified atom stereocenters. The van der Waals surface area contributed by atoms with Crippen molar-refractivity contribution in [1.29, 1.82) is 0 Å². The van der Waals surface area contributed by atoms with E-state index in [4.69, 9.17) is 11.6 Å². The van der Waals surface area contributed by atoms with Crippen LogP contribution in [0.1, 0.15) is 12.5 Å². The van der Waals surface area contributed by atoms with Crippen molar-refractivity contribution in [2.45, 2.75) is 18.4 Å². The highest BCUT2D eigenvalue weighted by molar-refractivity contribution is 7.98. The molecule has 0 aliphatic carbocycles. The molecule has 0 spiro atoms. The van der Waals surface area contributed by atoms with E-state index in [1.54, 1.807) is 30.9 Å². The van der Waals surface area contributed by atoms with Gasteiger partial charge in [0.25, 0.3) is 0 Å². The highest BCUT2D eigenvalue weighted by Crippen LogP contribution is 2.23. The lowest BCUT2D eigenvalue weighted by molar-refractivity contribution is 0.488. The summed E-state index contributed by atoms with van der Waals surface area (Å²) in [5.41, 5.74) is 0.902. The number of nitrogens with zero attached hydrogens (tertiary/aromatic N) is 1. The third-order valence-electron chi connectivity index (χ3n) is 2.91. The second kappa shape index (κ2) is 8.24. The van der Waals surface area contributed by atoms with Gasteiger partial charge in [-0.2, -0.15) is 11.8 Å². The number of benzene rings is 1. The fourth-order valence-electron chi connectivity index (χ4n) is 1.61. The summed E-state index contributed by atoms with van der Waals surface area (Å²) in [6.45, 7) is 3.97. The van der Waals surface area contributed by atoms with E-state index in [1.807, 2.05) is 13.2 Å². The quantitative estimate of drug-likeness (QED) is 0.792. The fourth-order valence-corrected chi connectivity index (χ4v) is 3.69. The van der Waals surface area contributed by atoms with Crippen molar-refractivity contribution >= 4 is 33.4 Å². The fraction of sp³-hybridized carbons (Fsp3) is 0.538. The highest BCUT2D eigenvalue weighted by Gasteiger charge is 2.21. The highest BCUT2D eigenvalue weighted by atomic mass is 35.5. The molecule has 0 aromatic heterocycles. The Kier molecular flexibility index (Phi) is 7.33. The van der Waals surface area contributed by atoms with Crippen molar-refractivity contribution in [3.05, 3.63) is 28.8 Å². The molecule has 1 aromatic carbocycles. The molecule has 0 heterocycles. The number of sulfonamides is 1. The van der Waals surface area contributed by atoms with Crippen molar-refractivity contribution in [2.24, 2.45) is 0 Å². The zero-order valence-electron chi connectivity index (χ0n) is 12.0. The van der Waals surface area contributed by atoms with Crippen molar-refractivity contribution in [3.8, 4) is 0 Å². The molecule has 1 rings (SSSR count). The van der Waals surface area contributed by atoms with Crippen molar-refractivity contribution in [2.75, 3.05) is 32.1 Å². The third-order valence-corrected chi connectivity index (χ3v) is 5.70. The third kappa shape index (κ3) is 4.63. The molecule has 0 saturated carbocycles. The van der Waals surface area contributed by atoms with E-state index >= 15 is 0 Å².